The van der Waals surface area contributed by atoms with Gasteiger partial charge in [-0.25, -0.2) is 0 Å². The molecule has 0 saturated carbocycles. The number of hydrogen-bond donors (Lipinski definition) is 1. The Balaban J connectivity index is 1.68. The van der Waals surface area contributed by atoms with Gasteiger partial charge in [0.15, 0.2) is 0 Å². The fourth-order valence-corrected chi connectivity index (χ4v) is 3.32. The number of hydrogen-bond acceptors (Lipinski definition) is 4. The van der Waals surface area contributed by atoms with E-state index in [4.69, 9.17) is 4.74 Å². The van der Waals surface area contributed by atoms with Crippen molar-refractivity contribution in [2.24, 2.45) is 0 Å². The van der Waals surface area contributed by atoms with Crippen molar-refractivity contribution in [1.82, 2.24) is 19.7 Å². The molecule has 0 spiro atoms. The van der Waals surface area contributed by atoms with E-state index in [-0.39, 0.29) is 17.5 Å². The number of carbonyl (C=O) groups excluding carboxylic acids is 1. The Morgan fingerprint density at radius 3 is 3.04 bits per heavy atom. The minimum Gasteiger partial charge on any atom is -0.384 e. The zero-order valence-corrected chi connectivity index (χ0v) is 14.5. The molecule has 1 N–H and O–H groups in total. The summed E-state index contributed by atoms with van der Waals surface area (Å²) in [6, 6.07) is 5.51. The summed E-state index contributed by atoms with van der Waals surface area (Å²) >= 11 is 0. The van der Waals surface area contributed by atoms with Crippen molar-refractivity contribution in [3.05, 3.63) is 52.2 Å². The van der Waals surface area contributed by atoms with Gasteiger partial charge in [-0.2, -0.15) is 5.10 Å². The number of pyridine rings is 1. The van der Waals surface area contributed by atoms with E-state index in [0.29, 0.717) is 26.1 Å². The molecule has 0 radical (unpaired) electrons. The van der Waals surface area contributed by atoms with E-state index in [1.165, 1.54) is 0 Å². The zero-order valence-electron chi connectivity index (χ0n) is 14.5. The lowest BCUT2D eigenvalue weighted by Crippen LogP contribution is -2.41. The molecule has 134 valence electrons. The number of carbonyl (C=O) groups is 1. The topological polar surface area (TPSA) is 78.1 Å². The van der Waals surface area contributed by atoms with Gasteiger partial charge < -0.3 is 14.6 Å². The maximum Gasteiger partial charge on any atom is 0.250 e. The molecule has 0 bridgehead atoms. The van der Waals surface area contributed by atoms with Gasteiger partial charge in [0.05, 0.1) is 13.2 Å². The smallest absolute Gasteiger partial charge is 0.250 e. The highest BCUT2D eigenvalue weighted by atomic mass is 16.5. The normalized spacial score (nSPS) is 16.4. The largest absolute Gasteiger partial charge is 0.384 e. The van der Waals surface area contributed by atoms with E-state index in [0.717, 1.165) is 30.5 Å². The maximum atomic E-state index is 12.3. The summed E-state index contributed by atoms with van der Waals surface area (Å²) in [6.45, 7) is 1.71. The fraction of sp³-hybridized carbons (Fsp3) is 0.500. The first-order valence-electron chi connectivity index (χ1n) is 8.64. The van der Waals surface area contributed by atoms with Crippen LogP contribution in [0.15, 0.2) is 35.4 Å². The second-order valence-electron chi connectivity index (χ2n) is 6.31. The van der Waals surface area contributed by atoms with Crippen molar-refractivity contribution in [2.75, 3.05) is 13.7 Å². The van der Waals surface area contributed by atoms with Crippen molar-refractivity contribution in [3.63, 3.8) is 0 Å². The summed E-state index contributed by atoms with van der Waals surface area (Å²) in [7, 11) is 1.59. The second kappa shape index (κ2) is 8.11. The fourth-order valence-electron chi connectivity index (χ4n) is 3.32. The quantitative estimate of drug-likeness (QED) is 0.804. The number of ether oxygens (including phenoxy) is 1. The molecule has 0 saturated heterocycles. The Morgan fingerprint density at radius 2 is 2.28 bits per heavy atom. The first-order valence-corrected chi connectivity index (χ1v) is 8.64. The number of rotatable bonds is 7. The van der Waals surface area contributed by atoms with Gasteiger partial charge in [-0.05, 0) is 30.9 Å². The van der Waals surface area contributed by atoms with Gasteiger partial charge in [0.1, 0.15) is 0 Å². The van der Waals surface area contributed by atoms with E-state index in [1.54, 1.807) is 19.4 Å². The van der Waals surface area contributed by atoms with Crippen LogP contribution in [0.2, 0.25) is 0 Å². The first kappa shape index (κ1) is 17.4. The summed E-state index contributed by atoms with van der Waals surface area (Å²) in [6.07, 6.45) is 6.40. The number of fused-ring (bicyclic) bond motifs is 1. The summed E-state index contributed by atoms with van der Waals surface area (Å²) in [5.74, 6) is 0.0160. The van der Waals surface area contributed by atoms with Crippen LogP contribution in [-0.2, 0) is 35.5 Å². The number of amides is 1. The molecule has 2 aromatic rings. The third-order valence-electron chi connectivity index (χ3n) is 4.60. The van der Waals surface area contributed by atoms with Gasteiger partial charge in [0.2, 0.25) is 5.91 Å². The average molecular weight is 344 g/mol. The highest BCUT2D eigenvalue weighted by Crippen LogP contribution is 2.20. The Morgan fingerprint density at radius 1 is 1.40 bits per heavy atom. The molecule has 1 atom stereocenters. The average Bonchev–Trinajstić information content (AvgIpc) is 3.12. The molecule has 2 aromatic heterocycles. The lowest BCUT2D eigenvalue weighted by molar-refractivity contribution is -0.122. The van der Waals surface area contributed by atoms with Crippen molar-refractivity contribution in [3.8, 4) is 0 Å². The third-order valence-corrected chi connectivity index (χ3v) is 4.60. The molecule has 7 nitrogen and oxygen atoms in total. The molecule has 0 fully saturated rings. The third kappa shape index (κ3) is 4.36. The maximum absolute atomic E-state index is 12.3. The minimum absolute atomic E-state index is 0.0160. The number of nitrogens with one attached hydrogen (secondary N) is 1. The van der Waals surface area contributed by atoms with Gasteiger partial charge in [-0.15, -0.1) is 0 Å². The number of aryl methyl sites for hydroxylation is 1. The molecule has 1 aliphatic carbocycles. The second-order valence-corrected chi connectivity index (χ2v) is 6.31. The van der Waals surface area contributed by atoms with E-state index in [9.17, 15) is 9.59 Å². The molecule has 7 heteroatoms. The number of aromatic nitrogens is 3. The Kier molecular flexibility index (Phi) is 5.65. The van der Waals surface area contributed by atoms with Gasteiger partial charge in [-0.3, -0.25) is 14.3 Å². The van der Waals surface area contributed by atoms with Crippen LogP contribution in [-0.4, -0.2) is 40.0 Å². The summed E-state index contributed by atoms with van der Waals surface area (Å²) in [4.78, 5) is 24.2. The predicted molar refractivity (Wildman–Crippen MR) is 93.4 cm³/mol. The molecule has 1 aliphatic rings. The van der Waals surface area contributed by atoms with E-state index >= 15 is 0 Å². The lowest BCUT2D eigenvalue weighted by atomic mass is 9.91. The Hall–Kier alpha value is -2.41. The van der Waals surface area contributed by atoms with Crippen LogP contribution in [0.5, 0.6) is 0 Å². The van der Waals surface area contributed by atoms with Crippen LogP contribution in [0, 0.1) is 0 Å². The standard InChI is InChI=1S/C18H24N4O3/c1-25-12-7-17(23)20-15-4-5-16-14(13-15)3-6-18(24)22(16)11-10-21-9-2-8-19-21/h2-3,6,8-9,15H,4-5,7,10-13H2,1H3,(H,20,23)/t15-/m1/s1. The van der Waals surface area contributed by atoms with Crippen molar-refractivity contribution in [2.45, 2.75) is 44.8 Å². The van der Waals surface area contributed by atoms with Crippen molar-refractivity contribution >= 4 is 5.91 Å². The van der Waals surface area contributed by atoms with Gasteiger partial charge in [0, 0.05) is 50.3 Å². The van der Waals surface area contributed by atoms with E-state index in [2.05, 4.69) is 10.4 Å². The molecule has 2 heterocycles. The lowest BCUT2D eigenvalue weighted by Gasteiger charge is -2.27. The SMILES string of the molecule is COCCC(=O)N[C@@H]1CCc2c(ccc(=O)n2CCn2cccn2)C1. The van der Waals surface area contributed by atoms with Crippen molar-refractivity contribution < 1.29 is 9.53 Å². The van der Waals surface area contributed by atoms with Crippen molar-refractivity contribution in [1.29, 1.82) is 0 Å². The number of nitrogens with zero attached hydrogens (tertiary/aromatic N) is 3. The predicted octanol–water partition coefficient (Wildman–Crippen LogP) is 0.755. The van der Waals surface area contributed by atoms with Crippen LogP contribution < -0.4 is 10.9 Å². The molecule has 0 aromatic carbocycles. The van der Waals surface area contributed by atoms with Crippen LogP contribution in [0.3, 0.4) is 0 Å². The molecular formula is C18H24N4O3. The molecule has 0 unspecified atom stereocenters. The highest BCUT2D eigenvalue weighted by molar-refractivity contribution is 5.76. The molecule has 3 rings (SSSR count). The molecular weight excluding hydrogens is 320 g/mol. The molecule has 25 heavy (non-hydrogen) atoms. The highest BCUT2D eigenvalue weighted by Gasteiger charge is 2.22. The van der Waals surface area contributed by atoms with Gasteiger partial charge in [-0.1, -0.05) is 6.07 Å². The van der Waals surface area contributed by atoms with Gasteiger partial charge in [0.25, 0.3) is 5.56 Å². The number of methoxy groups -OCH3 is 1. The van der Waals surface area contributed by atoms with Crippen LogP contribution in [0.4, 0.5) is 0 Å². The minimum atomic E-state index is 0.0160. The summed E-state index contributed by atoms with van der Waals surface area (Å²) < 4.78 is 8.61. The van der Waals surface area contributed by atoms with Crippen LogP contribution >= 0.6 is 0 Å². The monoisotopic (exact) mass is 344 g/mol. The molecule has 1 amide bonds. The van der Waals surface area contributed by atoms with Gasteiger partial charge >= 0.3 is 0 Å². The summed E-state index contributed by atoms with van der Waals surface area (Å²) in [5, 5.41) is 7.25. The van der Waals surface area contributed by atoms with Crippen LogP contribution in [0.25, 0.3) is 0 Å². The van der Waals surface area contributed by atoms with Crippen LogP contribution in [0.1, 0.15) is 24.1 Å². The Labute approximate surface area is 146 Å². The van der Waals surface area contributed by atoms with E-state index < -0.39 is 0 Å². The Bertz CT molecular complexity index is 767. The summed E-state index contributed by atoms with van der Waals surface area (Å²) in [5.41, 5.74) is 2.25. The molecule has 0 aliphatic heterocycles. The first-order chi connectivity index (χ1) is 12.2. The van der Waals surface area contributed by atoms with E-state index in [1.807, 2.05) is 27.6 Å². The zero-order chi connectivity index (χ0) is 17.6.